The minimum atomic E-state index is -1.83. The van der Waals surface area contributed by atoms with Gasteiger partial charge in [-0.3, -0.25) is 9.36 Å². The van der Waals surface area contributed by atoms with Crippen molar-refractivity contribution in [3.63, 3.8) is 0 Å². The Labute approximate surface area is 206 Å². The molecule has 0 spiro atoms. The van der Waals surface area contributed by atoms with Gasteiger partial charge in [0.25, 0.3) is 0 Å². The molecule has 0 amide bonds. The van der Waals surface area contributed by atoms with Gasteiger partial charge in [0.2, 0.25) is 0 Å². The second-order valence-electron chi connectivity index (χ2n) is 8.27. The highest BCUT2D eigenvalue weighted by Gasteiger charge is 2.39. The average molecular weight is 508 g/mol. The van der Waals surface area contributed by atoms with Crippen molar-refractivity contribution in [2.24, 2.45) is 0 Å². The number of benzene rings is 2. The summed E-state index contributed by atoms with van der Waals surface area (Å²) in [7, 11) is 1.52. The Bertz CT molecular complexity index is 1230. The molecule has 180 valence electrons. The first-order valence-electron chi connectivity index (χ1n) is 10.7. The van der Waals surface area contributed by atoms with E-state index in [1.165, 1.54) is 21.0 Å². The SMILES string of the molecule is CCOC(=O)C[C@H]1O[C@H](c2cccc(OC)c2Cl)c2cc(Cl)ccc2-n2c1nnc2C(C)(C)F. The Kier molecular flexibility index (Phi) is 6.85. The summed E-state index contributed by atoms with van der Waals surface area (Å²) in [6.45, 7) is 4.71. The number of nitrogens with zero attached hydrogens (tertiary/aromatic N) is 3. The number of carbonyl (C=O) groups is 1. The molecule has 1 aliphatic heterocycles. The number of alkyl halides is 1. The average Bonchev–Trinajstić information content (AvgIpc) is 3.18. The molecule has 0 aliphatic carbocycles. The standard InChI is InChI=1S/C24H24Cl2FN3O4/c1-5-33-19(31)12-18-22-28-29-23(24(2,3)27)30(22)16-10-9-13(25)11-15(16)21(34-18)14-7-6-8-17(32-4)20(14)26/h6-11,18,21H,5,12H2,1-4H3/t18-,21-/m1/s1. The van der Waals surface area contributed by atoms with Crippen molar-refractivity contribution in [3.8, 4) is 11.4 Å². The summed E-state index contributed by atoms with van der Waals surface area (Å²) in [4.78, 5) is 12.5. The van der Waals surface area contributed by atoms with E-state index in [0.717, 1.165) is 0 Å². The van der Waals surface area contributed by atoms with E-state index in [1.54, 1.807) is 47.9 Å². The molecule has 2 atom stereocenters. The fraction of sp³-hybridized carbons (Fsp3) is 0.375. The summed E-state index contributed by atoms with van der Waals surface area (Å²) in [5.74, 6) is 0.324. The van der Waals surface area contributed by atoms with Gasteiger partial charge in [0.1, 0.15) is 18.0 Å². The number of hydrogen-bond acceptors (Lipinski definition) is 6. The van der Waals surface area contributed by atoms with Crippen LogP contribution in [0.1, 0.15) is 62.2 Å². The molecular weight excluding hydrogens is 484 g/mol. The monoisotopic (exact) mass is 507 g/mol. The lowest BCUT2D eigenvalue weighted by atomic mass is 9.98. The molecule has 2 heterocycles. The van der Waals surface area contributed by atoms with E-state index in [-0.39, 0.29) is 24.7 Å². The highest BCUT2D eigenvalue weighted by Crippen LogP contribution is 2.46. The van der Waals surface area contributed by atoms with Crippen molar-refractivity contribution in [3.05, 3.63) is 69.2 Å². The van der Waals surface area contributed by atoms with Crippen molar-refractivity contribution in [2.75, 3.05) is 13.7 Å². The molecule has 1 aromatic heterocycles. The number of rotatable bonds is 6. The second kappa shape index (κ2) is 9.52. The fourth-order valence-electron chi connectivity index (χ4n) is 4.00. The molecule has 10 heteroatoms. The van der Waals surface area contributed by atoms with E-state index in [9.17, 15) is 4.79 Å². The normalized spacial score (nSPS) is 17.5. The van der Waals surface area contributed by atoms with Crippen molar-refractivity contribution in [1.29, 1.82) is 0 Å². The van der Waals surface area contributed by atoms with Gasteiger partial charge in [0, 0.05) is 16.1 Å². The first-order chi connectivity index (χ1) is 16.2. The highest BCUT2D eigenvalue weighted by molar-refractivity contribution is 6.33. The molecule has 34 heavy (non-hydrogen) atoms. The van der Waals surface area contributed by atoms with Gasteiger partial charge in [0.05, 0.1) is 30.8 Å². The van der Waals surface area contributed by atoms with E-state index in [4.69, 9.17) is 37.4 Å². The lowest BCUT2D eigenvalue weighted by Gasteiger charge is -2.24. The van der Waals surface area contributed by atoms with E-state index >= 15 is 4.39 Å². The number of halogens is 3. The van der Waals surface area contributed by atoms with Crippen LogP contribution in [0.5, 0.6) is 5.75 Å². The minimum Gasteiger partial charge on any atom is -0.495 e. The maximum atomic E-state index is 15.2. The third-order valence-electron chi connectivity index (χ3n) is 5.47. The predicted octanol–water partition coefficient (Wildman–Crippen LogP) is 5.90. The zero-order valence-corrected chi connectivity index (χ0v) is 20.7. The predicted molar refractivity (Wildman–Crippen MR) is 125 cm³/mol. The molecule has 2 aromatic carbocycles. The van der Waals surface area contributed by atoms with Gasteiger partial charge >= 0.3 is 5.97 Å². The number of ether oxygens (including phenoxy) is 3. The third-order valence-corrected chi connectivity index (χ3v) is 6.11. The first kappa shape index (κ1) is 24.4. The zero-order valence-electron chi connectivity index (χ0n) is 19.1. The summed E-state index contributed by atoms with van der Waals surface area (Å²) < 4.78 is 33.8. The second-order valence-corrected chi connectivity index (χ2v) is 9.08. The van der Waals surface area contributed by atoms with Crippen LogP contribution in [0.3, 0.4) is 0 Å². The minimum absolute atomic E-state index is 0.0703. The number of fused-ring (bicyclic) bond motifs is 3. The van der Waals surface area contributed by atoms with Gasteiger partial charge in [0.15, 0.2) is 17.3 Å². The lowest BCUT2D eigenvalue weighted by Crippen LogP contribution is -2.19. The van der Waals surface area contributed by atoms with Crippen LogP contribution >= 0.6 is 23.2 Å². The van der Waals surface area contributed by atoms with Gasteiger partial charge in [-0.2, -0.15) is 0 Å². The van der Waals surface area contributed by atoms with Crippen molar-refractivity contribution in [2.45, 2.75) is 45.1 Å². The summed E-state index contributed by atoms with van der Waals surface area (Å²) >= 11 is 13.0. The quantitative estimate of drug-likeness (QED) is 0.386. The van der Waals surface area contributed by atoms with Crippen molar-refractivity contribution < 1.29 is 23.4 Å². The maximum absolute atomic E-state index is 15.2. The number of esters is 1. The summed E-state index contributed by atoms with van der Waals surface area (Å²) in [6, 6.07) is 10.5. The van der Waals surface area contributed by atoms with E-state index in [0.29, 0.717) is 32.6 Å². The molecule has 0 saturated heterocycles. The van der Waals surface area contributed by atoms with Crippen molar-refractivity contribution in [1.82, 2.24) is 14.8 Å². The fourth-order valence-corrected chi connectivity index (χ4v) is 4.49. The Hall–Kier alpha value is -2.68. The number of aromatic nitrogens is 3. The summed E-state index contributed by atoms with van der Waals surface area (Å²) in [5.41, 5.74) is -0.0523. The van der Waals surface area contributed by atoms with Crippen LogP contribution < -0.4 is 4.74 Å². The van der Waals surface area contributed by atoms with Gasteiger partial charge in [-0.15, -0.1) is 10.2 Å². The van der Waals surface area contributed by atoms with Crippen LogP contribution in [-0.4, -0.2) is 34.5 Å². The largest absolute Gasteiger partial charge is 0.495 e. The maximum Gasteiger partial charge on any atom is 0.308 e. The molecule has 0 saturated carbocycles. The van der Waals surface area contributed by atoms with Crippen LogP contribution in [-0.2, 0) is 19.9 Å². The topological polar surface area (TPSA) is 75.5 Å². The Morgan fingerprint density at radius 1 is 1.21 bits per heavy atom. The Morgan fingerprint density at radius 2 is 1.97 bits per heavy atom. The molecule has 3 aromatic rings. The summed E-state index contributed by atoms with van der Waals surface area (Å²) in [5, 5.41) is 9.13. The molecular formula is C24H24Cl2FN3O4. The van der Waals surface area contributed by atoms with E-state index in [2.05, 4.69) is 10.2 Å². The van der Waals surface area contributed by atoms with Crippen LogP contribution in [0.4, 0.5) is 4.39 Å². The van der Waals surface area contributed by atoms with Gasteiger partial charge in [-0.25, -0.2) is 4.39 Å². The van der Waals surface area contributed by atoms with Crippen LogP contribution in [0, 0.1) is 0 Å². The van der Waals surface area contributed by atoms with Gasteiger partial charge < -0.3 is 14.2 Å². The summed E-state index contributed by atoms with van der Waals surface area (Å²) in [6.07, 6.45) is -1.83. The Morgan fingerprint density at radius 3 is 2.65 bits per heavy atom. The van der Waals surface area contributed by atoms with Crippen LogP contribution in [0.25, 0.3) is 5.69 Å². The van der Waals surface area contributed by atoms with E-state index < -0.39 is 23.8 Å². The van der Waals surface area contributed by atoms with E-state index in [1.807, 2.05) is 0 Å². The van der Waals surface area contributed by atoms with Crippen LogP contribution in [0.2, 0.25) is 10.0 Å². The number of hydrogen-bond donors (Lipinski definition) is 0. The lowest BCUT2D eigenvalue weighted by molar-refractivity contribution is -0.147. The van der Waals surface area contributed by atoms with Gasteiger partial charge in [-0.1, -0.05) is 35.3 Å². The molecule has 7 nitrogen and oxygen atoms in total. The molecule has 0 unspecified atom stereocenters. The smallest absolute Gasteiger partial charge is 0.308 e. The Balaban J connectivity index is 1.98. The van der Waals surface area contributed by atoms with Crippen LogP contribution in [0.15, 0.2) is 36.4 Å². The van der Waals surface area contributed by atoms with Crippen molar-refractivity contribution >= 4 is 29.2 Å². The molecule has 0 N–H and O–H groups in total. The molecule has 1 aliphatic rings. The zero-order chi connectivity index (χ0) is 24.6. The van der Waals surface area contributed by atoms with Gasteiger partial charge in [-0.05, 0) is 45.0 Å². The molecule has 0 radical (unpaired) electrons. The molecule has 0 fully saturated rings. The molecule has 0 bridgehead atoms. The number of methoxy groups -OCH3 is 1. The number of carbonyl (C=O) groups excluding carboxylic acids is 1. The third kappa shape index (κ3) is 4.50. The first-order valence-corrected chi connectivity index (χ1v) is 11.5. The molecule has 4 rings (SSSR count). The highest BCUT2D eigenvalue weighted by atomic mass is 35.5.